The molecule has 0 amide bonds. The van der Waals surface area contributed by atoms with Crippen molar-refractivity contribution in [3.05, 3.63) is 34.9 Å². The molecule has 0 spiro atoms. The number of aromatic hydroxyl groups is 2. The second-order valence-electron chi connectivity index (χ2n) is 7.51. The summed E-state index contributed by atoms with van der Waals surface area (Å²) in [6, 6.07) is 3.74. The van der Waals surface area contributed by atoms with E-state index in [0.717, 1.165) is 36.8 Å². The molecule has 128 valence electrons. The minimum atomic E-state index is 0.213. The van der Waals surface area contributed by atoms with Crippen LogP contribution >= 0.6 is 0 Å². The third-order valence-electron chi connectivity index (χ3n) is 5.29. The lowest BCUT2D eigenvalue weighted by atomic mass is 9.70. The van der Waals surface area contributed by atoms with Crippen LogP contribution in [0.4, 0.5) is 0 Å². The summed E-state index contributed by atoms with van der Waals surface area (Å²) in [7, 11) is 0. The zero-order valence-electron chi connectivity index (χ0n) is 15.1. The summed E-state index contributed by atoms with van der Waals surface area (Å²) in [6.07, 6.45) is 8.67. The zero-order valence-corrected chi connectivity index (χ0v) is 15.1. The van der Waals surface area contributed by atoms with Crippen LogP contribution in [0.1, 0.15) is 76.8 Å². The van der Waals surface area contributed by atoms with E-state index in [1.165, 1.54) is 18.4 Å². The van der Waals surface area contributed by atoms with Crippen molar-refractivity contribution in [1.82, 2.24) is 0 Å². The molecule has 0 saturated heterocycles. The second-order valence-corrected chi connectivity index (χ2v) is 7.51. The van der Waals surface area contributed by atoms with Crippen LogP contribution in [0.15, 0.2) is 23.8 Å². The van der Waals surface area contributed by atoms with E-state index >= 15 is 0 Å². The molecule has 0 bridgehead atoms. The average molecular weight is 316 g/mol. The Balaban J connectivity index is 2.29. The van der Waals surface area contributed by atoms with Gasteiger partial charge in [0.05, 0.1) is 0 Å². The summed E-state index contributed by atoms with van der Waals surface area (Å²) in [5, 5.41) is 21.2. The number of aryl methyl sites for hydroxylation is 1. The van der Waals surface area contributed by atoms with Gasteiger partial charge in [-0.25, -0.2) is 0 Å². The molecule has 1 aliphatic rings. The molecule has 2 unspecified atom stereocenters. The molecule has 1 aliphatic carbocycles. The van der Waals surface area contributed by atoms with E-state index in [-0.39, 0.29) is 17.4 Å². The summed E-state index contributed by atoms with van der Waals surface area (Å²) >= 11 is 0. The van der Waals surface area contributed by atoms with E-state index < -0.39 is 0 Å². The lowest BCUT2D eigenvalue weighted by Gasteiger charge is -2.34. The fraction of sp³-hybridized carbons (Fsp3) is 0.619. The molecule has 0 aromatic heterocycles. The first-order valence-corrected chi connectivity index (χ1v) is 9.14. The van der Waals surface area contributed by atoms with Gasteiger partial charge in [-0.15, -0.1) is 0 Å². The van der Waals surface area contributed by atoms with Crippen LogP contribution in [-0.4, -0.2) is 10.2 Å². The van der Waals surface area contributed by atoms with Crippen molar-refractivity contribution >= 4 is 0 Å². The van der Waals surface area contributed by atoms with Crippen molar-refractivity contribution in [3.63, 3.8) is 0 Å². The van der Waals surface area contributed by atoms with Crippen LogP contribution < -0.4 is 0 Å². The zero-order chi connectivity index (χ0) is 17.0. The first-order chi connectivity index (χ1) is 10.9. The molecule has 1 aromatic carbocycles. The first-order valence-electron chi connectivity index (χ1n) is 9.14. The van der Waals surface area contributed by atoms with Gasteiger partial charge in [-0.3, -0.25) is 0 Å². The Hall–Kier alpha value is -1.44. The Kier molecular flexibility index (Phi) is 6.15. The van der Waals surface area contributed by atoms with Gasteiger partial charge in [0, 0.05) is 5.56 Å². The first kappa shape index (κ1) is 17.9. The van der Waals surface area contributed by atoms with E-state index in [1.54, 1.807) is 0 Å². The monoisotopic (exact) mass is 316 g/mol. The van der Waals surface area contributed by atoms with Gasteiger partial charge in [0.25, 0.3) is 0 Å². The van der Waals surface area contributed by atoms with Crippen molar-refractivity contribution in [1.29, 1.82) is 0 Å². The second kappa shape index (κ2) is 7.90. The van der Waals surface area contributed by atoms with Gasteiger partial charge < -0.3 is 10.2 Å². The Labute approximate surface area is 141 Å². The molecule has 0 heterocycles. The Morgan fingerprint density at radius 2 is 1.78 bits per heavy atom. The van der Waals surface area contributed by atoms with E-state index in [9.17, 15) is 10.2 Å². The standard InChI is InChI=1S/C21H32O2/c1-5-6-7-8-16-12-19(22)21(20(23)13-16)18-11-15(4)9-10-17(18)14(2)3/h9,12-14,17-18,22-23H,5-8,10-11H2,1-4H3. The fourth-order valence-corrected chi connectivity index (χ4v) is 3.92. The van der Waals surface area contributed by atoms with E-state index in [1.807, 2.05) is 12.1 Å². The average Bonchev–Trinajstić information content (AvgIpc) is 2.46. The predicted octanol–water partition coefficient (Wildman–Crippen LogP) is 5.93. The summed E-state index contributed by atoms with van der Waals surface area (Å²) in [4.78, 5) is 0. The molecule has 2 heteroatoms. The van der Waals surface area contributed by atoms with Crippen LogP contribution in [0.3, 0.4) is 0 Å². The summed E-state index contributed by atoms with van der Waals surface area (Å²) in [6.45, 7) is 8.80. The third kappa shape index (κ3) is 4.31. The molecular formula is C21H32O2. The molecule has 0 aliphatic heterocycles. The van der Waals surface area contributed by atoms with Crippen LogP contribution in [0.5, 0.6) is 11.5 Å². The summed E-state index contributed by atoms with van der Waals surface area (Å²) < 4.78 is 0. The number of phenols is 2. The maximum atomic E-state index is 10.6. The van der Waals surface area contributed by atoms with Crippen molar-refractivity contribution < 1.29 is 10.2 Å². The number of benzene rings is 1. The van der Waals surface area contributed by atoms with E-state index in [0.29, 0.717) is 11.8 Å². The van der Waals surface area contributed by atoms with Gasteiger partial charge in [0.15, 0.2) is 0 Å². The highest BCUT2D eigenvalue weighted by Crippen LogP contribution is 2.47. The Morgan fingerprint density at radius 3 is 2.35 bits per heavy atom. The minimum absolute atomic E-state index is 0.213. The van der Waals surface area contributed by atoms with Gasteiger partial charge in [-0.1, -0.05) is 45.3 Å². The van der Waals surface area contributed by atoms with E-state index in [4.69, 9.17) is 0 Å². The van der Waals surface area contributed by atoms with Crippen LogP contribution in [0.2, 0.25) is 0 Å². The van der Waals surface area contributed by atoms with E-state index in [2.05, 4.69) is 33.8 Å². The SMILES string of the molecule is CCCCCc1cc(O)c(C2CC(C)=CCC2C(C)C)c(O)c1. The van der Waals surface area contributed by atoms with Crippen LogP contribution in [0.25, 0.3) is 0 Å². The number of phenolic OH excluding ortho intramolecular Hbond substituents is 2. The maximum absolute atomic E-state index is 10.6. The molecule has 0 saturated carbocycles. The Morgan fingerprint density at radius 1 is 1.13 bits per heavy atom. The largest absolute Gasteiger partial charge is 0.508 e. The van der Waals surface area contributed by atoms with Crippen molar-refractivity contribution in [3.8, 4) is 11.5 Å². The van der Waals surface area contributed by atoms with Crippen LogP contribution in [-0.2, 0) is 6.42 Å². The normalized spacial score (nSPS) is 21.5. The quantitative estimate of drug-likeness (QED) is 0.504. The number of rotatable bonds is 6. The number of unbranched alkanes of at least 4 members (excludes halogenated alkanes) is 2. The molecule has 2 rings (SSSR count). The van der Waals surface area contributed by atoms with Gasteiger partial charge in [-0.05, 0) is 68.1 Å². The van der Waals surface area contributed by atoms with Gasteiger partial charge >= 0.3 is 0 Å². The minimum Gasteiger partial charge on any atom is -0.508 e. The highest BCUT2D eigenvalue weighted by atomic mass is 16.3. The van der Waals surface area contributed by atoms with Crippen molar-refractivity contribution in [2.45, 2.75) is 72.1 Å². The summed E-state index contributed by atoms with van der Waals surface area (Å²) in [5.74, 6) is 1.78. The van der Waals surface area contributed by atoms with Crippen molar-refractivity contribution in [2.75, 3.05) is 0 Å². The molecular weight excluding hydrogens is 284 g/mol. The highest BCUT2D eigenvalue weighted by Gasteiger charge is 2.32. The number of allylic oxidation sites excluding steroid dienone is 2. The maximum Gasteiger partial charge on any atom is 0.123 e. The smallest absolute Gasteiger partial charge is 0.123 e. The topological polar surface area (TPSA) is 40.5 Å². The van der Waals surface area contributed by atoms with Gasteiger partial charge in [0.1, 0.15) is 11.5 Å². The number of hydrogen-bond donors (Lipinski definition) is 2. The highest BCUT2D eigenvalue weighted by molar-refractivity contribution is 5.50. The molecule has 2 nitrogen and oxygen atoms in total. The predicted molar refractivity (Wildman–Crippen MR) is 97.1 cm³/mol. The molecule has 2 atom stereocenters. The van der Waals surface area contributed by atoms with Crippen molar-refractivity contribution in [2.24, 2.45) is 11.8 Å². The lowest BCUT2D eigenvalue weighted by Crippen LogP contribution is -2.22. The molecule has 2 N–H and O–H groups in total. The number of hydrogen-bond acceptors (Lipinski definition) is 2. The summed E-state index contributed by atoms with van der Waals surface area (Å²) in [5.41, 5.74) is 3.16. The fourth-order valence-electron chi connectivity index (χ4n) is 3.92. The van der Waals surface area contributed by atoms with Crippen LogP contribution in [0, 0.1) is 11.8 Å². The molecule has 1 aromatic rings. The van der Waals surface area contributed by atoms with Gasteiger partial charge in [0.2, 0.25) is 0 Å². The third-order valence-corrected chi connectivity index (χ3v) is 5.29. The Bertz CT molecular complexity index is 534. The van der Waals surface area contributed by atoms with Gasteiger partial charge in [-0.2, -0.15) is 0 Å². The lowest BCUT2D eigenvalue weighted by molar-refractivity contribution is 0.292. The molecule has 23 heavy (non-hydrogen) atoms. The molecule has 0 fully saturated rings. The molecule has 0 radical (unpaired) electrons.